The molecule has 10 heavy (non-hydrogen) atoms. The standard InChI is InChI=1S/C8H19NS/c1-5-6-7-8(10-4)9(2)3/h8H,5-7H2,1-4H3. The van der Waals surface area contributed by atoms with Crippen molar-refractivity contribution in [3.05, 3.63) is 0 Å². The van der Waals surface area contributed by atoms with E-state index in [4.69, 9.17) is 0 Å². The van der Waals surface area contributed by atoms with Crippen LogP contribution in [0.3, 0.4) is 0 Å². The van der Waals surface area contributed by atoms with Gasteiger partial charge in [0.25, 0.3) is 0 Å². The first-order valence-electron chi connectivity index (χ1n) is 3.91. The van der Waals surface area contributed by atoms with Gasteiger partial charge in [0.05, 0.1) is 5.37 Å². The third kappa shape index (κ3) is 4.18. The van der Waals surface area contributed by atoms with E-state index in [0.29, 0.717) is 0 Å². The van der Waals surface area contributed by atoms with Crippen LogP contribution in [0.15, 0.2) is 0 Å². The van der Waals surface area contributed by atoms with Crippen LogP contribution < -0.4 is 0 Å². The summed E-state index contributed by atoms with van der Waals surface area (Å²) >= 11 is 1.94. The summed E-state index contributed by atoms with van der Waals surface area (Å²) in [7, 11) is 4.30. The summed E-state index contributed by atoms with van der Waals surface area (Å²) in [5.41, 5.74) is 0. The van der Waals surface area contributed by atoms with Crippen LogP contribution in [-0.4, -0.2) is 30.6 Å². The molecule has 1 atom stereocenters. The Morgan fingerprint density at radius 1 is 1.40 bits per heavy atom. The Kier molecular flexibility index (Phi) is 6.24. The molecule has 0 fully saturated rings. The molecule has 0 aromatic carbocycles. The molecule has 0 aromatic rings. The molecule has 0 radical (unpaired) electrons. The molecule has 0 aliphatic rings. The molecule has 0 saturated carbocycles. The minimum Gasteiger partial charge on any atom is -0.298 e. The van der Waals surface area contributed by atoms with E-state index in [1.807, 2.05) is 11.8 Å². The SMILES string of the molecule is CCCCC(SC)N(C)C. The lowest BCUT2D eigenvalue weighted by Crippen LogP contribution is -2.24. The lowest BCUT2D eigenvalue weighted by molar-refractivity contribution is 0.361. The molecule has 0 aliphatic heterocycles. The average molecular weight is 161 g/mol. The zero-order chi connectivity index (χ0) is 7.98. The molecule has 62 valence electrons. The maximum absolute atomic E-state index is 2.29. The van der Waals surface area contributed by atoms with Crippen molar-refractivity contribution in [3.8, 4) is 0 Å². The van der Waals surface area contributed by atoms with E-state index in [0.717, 1.165) is 5.37 Å². The quantitative estimate of drug-likeness (QED) is 0.570. The summed E-state index contributed by atoms with van der Waals surface area (Å²) in [5.74, 6) is 0. The van der Waals surface area contributed by atoms with E-state index in [9.17, 15) is 0 Å². The largest absolute Gasteiger partial charge is 0.298 e. The molecular formula is C8H19NS. The van der Waals surface area contributed by atoms with Gasteiger partial charge in [-0.3, -0.25) is 4.90 Å². The highest BCUT2D eigenvalue weighted by molar-refractivity contribution is 7.99. The van der Waals surface area contributed by atoms with Crippen LogP contribution in [0.1, 0.15) is 26.2 Å². The van der Waals surface area contributed by atoms with Gasteiger partial charge in [-0.2, -0.15) is 0 Å². The minimum absolute atomic E-state index is 0.722. The summed E-state index contributed by atoms with van der Waals surface area (Å²) in [4.78, 5) is 2.29. The molecule has 0 N–H and O–H groups in total. The smallest absolute Gasteiger partial charge is 0.0549 e. The number of unbranched alkanes of at least 4 members (excludes halogenated alkanes) is 1. The van der Waals surface area contributed by atoms with Gasteiger partial charge in [-0.15, -0.1) is 11.8 Å². The van der Waals surface area contributed by atoms with Gasteiger partial charge in [0.2, 0.25) is 0 Å². The highest BCUT2D eigenvalue weighted by atomic mass is 32.2. The zero-order valence-electron chi connectivity index (χ0n) is 7.55. The summed E-state index contributed by atoms with van der Waals surface area (Å²) < 4.78 is 0. The van der Waals surface area contributed by atoms with Crippen LogP contribution in [0.5, 0.6) is 0 Å². The molecule has 0 amide bonds. The number of thioether (sulfide) groups is 1. The molecular weight excluding hydrogens is 142 g/mol. The molecule has 1 nitrogen and oxygen atoms in total. The first-order valence-corrected chi connectivity index (χ1v) is 5.20. The Morgan fingerprint density at radius 3 is 2.30 bits per heavy atom. The molecule has 1 unspecified atom stereocenters. The van der Waals surface area contributed by atoms with E-state index in [1.165, 1.54) is 19.3 Å². The van der Waals surface area contributed by atoms with Crippen LogP contribution in [0, 0.1) is 0 Å². The fourth-order valence-corrected chi connectivity index (χ4v) is 1.79. The van der Waals surface area contributed by atoms with Crippen molar-refractivity contribution in [1.82, 2.24) is 4.90 Å². The first kappa shape index (κ1) is 10.3. The predicted molar refractivity (Wildman–Crippen MR) is 50.5 cm³/mol. The van der Waals surface area contributed by atoms with E-state index < -0.39 is 0 Å². The second-order valence-corrected chi connectivity index (χ2v) is 3.81. The van der Waals surface area contributed by atoms with Gasteiger partial charge >= 0.3 is 0 Å². The topological polar surface area (TPSA) is 3.24 Å². The molecule has 0 rings (SSSR count). The molecule has 0 spiro atoms. The van der Waals surface area contributed by atoms with Crippen molar-refractivity contribution in [2.75, 3.05) is 20.4 Å². The van der Waals surface area contributed by atoms with Crippen molar-refractivity contribution in [1.29, 1.82) is 0 Å². The Morgan fingerprint density at radius 2 is 2.00 bits per heavy atom. The number of hydrogen-bond acceptors (Lipinski definition) is 2. The fraction of sp³-hybridized carbons (Fsp3) is 1.00. The van der Waals surface area contributed by atoms with E-state index in [-0.39, 0.29) is 0 Å². The van der Waals surface area contributed by atoms with Gasteiger partial charge in [0, 0.05) is 0 Å². The Balaban J connectivity index is 3.40. The second-order valence-electron chi connectivity index (χ2n) is 2.80. The molecule has 0 aromatic heterocycles. The van der Waals surface area contributed by atoms with Gasteiger partial charge in [-0.05, 0) is 26.8 Å². The molecule has 0 heterocycles. The lowest BCUT2D eigenvalue weighted by atomic mass is 10.2. The summed E-state index contributed by atoms with van der Waals surface area (Å²) in [5, 5.41) is 0.722. The van der Waals surface area contributed by atoms with Gasteiger partial charge in [0.1, 0.15) is 0 Å². The first-order chi connectivity index (χ1) is 4.72. The fourth-order valence-electron chi connectivity index (χ4n) is 0.966. The van der Waals surface area contributed by atoms with Crippen molar-refractivity contribution in [2.45, 2.75) is 31.6 Å². The van der Waals surface area contributed by atoms with E-state index in [1.54, 1.807) is 0 Å². The third-order valence-corrected chi connectivity index (χ3v) is 2.85. The molecule has 2 heteroatoms. The number of nitrogens with zero attached hydrogens (tertiary/aromatic N) is 1. The molecule has 0 aliphatic carbocycles. The number of hydrogen-bond donors (Lipinski definition) is 0. The average Bonchev–Trinajstić information content (AvgIpc) is 1.89. The molecule has 0 saturated heterocycles. The van der Waals surface area contributed by atoms with Gasteiger partial charge in [0.15, 0.2) is 0 Å². The second kappa shape index (κ2) is 6.05. The monoisotopic (exact) mass is 161 g/mol. The van der Waals surface area contributed by atoms with Crippen molar-refractivity contribution >= 4 is 11.8 Å². The van der Waals surface area contributed by atoms with Crippen LogP contribution in [0.4, 0.5) is 0 Å². The number of rotatable bonds is 5. The summed E-state index contributed by atoms with van der Waals surface area (Å²) in [6.45, 7) is 2.24. The highest BCUT2D eigenvalue weighted by Gasteiger charge is 2.06. The Bertz CT molecular complexity index is 73.7. The normalized spacial score (nSPS) is 14.1. The Labute approximate surface area is 69.2 Å². The van der Waals surface area contributed by atoms with Crippen molar-refractivity contribution in [2.24, 2.45) is 0 Å². The maximum Gasteiger partial charge on any atom is 0.0549 e. The van der Waals surface area contributed by atoms with Crippen LogP contribution >= 0.6 is 11.8 Å². The Hall–Kier alpha value is 0.310. The van der Waals surface area contributed by atoms with Crippen molar-refractivity contribution < 1.29 is 0 Å². The van der Waals surface area contributed by atoms with E-state index >= 15 is 0 Å². The predicted octanol–water partition coefficient (Wildman–Crippen LogP) is 2.43. The minimum atomic E-state index is 0.722. The zero-order valence-corrected chi connectivity index (χ0v) is 8.37. The van der Waals surface area contributed by atoms with Crippen LogP contribution in [0.25, 0.3) is 0 Å². The van der Waals surface area contributed by atoms with Crippen LogP contribution in [-0.2, 0) is 0 Å². The molecule has 0 bridgehead atoms. The van der Waals surface area contributed by atoms with Gasteiger partial charge in [-0.1, -0.05) is 19.8 Å². The summed E-state index contributed by atoms with van der Waals surface area (Å²) in [6.07, 6.45) is 6.17. The van der Waals surface area contributed by atoms with Gasteiger partial charge < -0.3 is 0 Å². The summed E-state index contributed by atoms with van der Waals surface area (Å²) in [6, 6.07) is 0. The maximum atomic E-state index is 2.29. The third-order valence-electron chi connectivity index (χ3n) is 1.65. The lowest BCUT2D eigenvalue weighted by Gasteiger charge is -2.21. The van der Waals surface area contributed by atoms with Crippen LogP contribution in [0.2, 0.25) is 0 Å². The van der Waals surface area contributed by atoms with E-state index in [2.05, 4.69) is 32.2 Å². The van der Waals surface area contributed by atoms with Crippen molar-refractivity contribution in [3.63, 3.8) is 0 Å². The van der Waals surface area contributed by atoms with Gasteiger partial charge in [-0.25, -0.2) is 0 Å². The highest BCUT2D eigenvalue weighted by Crippen LogP contribution is 2.15.